The molecule has 0 aromatic heterocycles. The van der Waals surface area contributed by atoms with Crippen LogP contribution in [0.2, 0.25) is 0 Å². The molecule has 1 unspecified atom stereocenters. The highest BCUT2D eigenvalue weighted by Crippen LogP contribution is 2.19. The second-order valence-corrected chi connectivity index (χ2v) is 5.09. The number of esters is 1. The van der Waals surface area contributed by atoms with Gasteiger partial charge in [0, 0.05) is 0 Å². The van der Waals surface area contributed by atoms with E-state index in [0.717, 1.165) is 16.7 Å². The molecule has 0 aliphatic rings. The lowest BCUT2D eigenvalue weighted by Gasteiger charge is -2.18. The van der Waals surface area contributed by atoms with Gasteiger partial charge >= 0.3 is 5.97 Å². The van der Waals surface area contributed by atoms with E-state index >= 15 is 0 Å². The topological polar surface area (TPSA) is 44.8 Å². The van der Waals surface area contributed by atoms with Gasteiger partial charge in [-0.2, -0.15) is 0 Å². The highest BCUT2D eigenvalue weighted by molar-refractivity contribution is 5.73. The monoisotopic (exact) mass is 300 g/mol. The zero-order chi connectivity index (χ0) is 15.9. The summed E-state index contributed by atoms with van der Waals surface area (Å²) in [6.07, 6.45) is -1.09. The highest BCUT2D eigenvalue weighted by atomic mass is 16.7. The van der Waals surface area contributed by atoms with Crippen LogP contribution >= 0.6 is 0 Å². The fraction of sp³-hybridized carbons (Fsp3) is 0.278. The molecule has 0 fully saturated rings. The zero-order valence-electron chi connectivity index (χ0n) is 13.0. The van der Waals surface area contributed by atoms with Crippen LogP contribution in [-0.2, 0) is 20.9 Å². The number of aryl methyl sites for hydroxylation is 2. The molecule has 0 saturated carbocycles. The van der Waals surface area contributed by atoms with Crippen molar-refractivity contribution in [2.45, 2.75) is 26.7 Å². The van der Waals surface area contributed by atoms with Crippen LogP contribution in [0.1, 0.15) is 16.7 Å². The summed E-state index contributed by atoms with van der Waals surface area (Å²) in [6, 6.07) is 15.3. The molecule has 2 aromatic carbocycles. The van der Waals surface area contributed by atoms with Crippen LogP contribution in [0.5, 0.6) is 5.75 Å². The molecule has 0 bridgehead atoms. The molecule has 4 heteroatoms. The first-order chi connectivity index (χ1) is 10.6. The number of benzene rings is 2. The van der Waals surface area contributed by atoms with Crippen LogP contribution in [0.3, 0.4) is 0 Å². The Morgan fingerprint density at radius 2 is 1.68 bits per heavy atom. The first-order valence-corrected chi connectivity index (χ1v) is 7.07. The Balaban J connectivity index is 2.07. The second kappa shape index (κ2) is 7.61. The largest absolute Gasteiger partial charge is 0.464 e. The maximum Gasteiger partial charge on any atom is 0.376 e. The molecule has 0 radical (unpaired) electrons. The number of carbonyl (C=O) groups excluding carboxylic acids is 1. The molecule has 2 rings (SSSR count). The third-order valence-corrected chi connectivity index (χ3v) is 3.08. The number of carbonyl (C=O) groups is 1. The highest BCUT2D eigenvalue weighted by Gasteiger charge is 2.22. The summed E-state index contributed by atoms with van der Waals surface area (Å²) in [4.78, 5) is 11.8. The lowest BCUT2D eigenvalue weighted by Crippen LogP contribution is -2.31. The summed E-state index contributed by atoms with van der Waals surface area (Å²) in [5.74, 6) is 0.0241. The maximum atomic E-state index is 11.8. The number of methoxy groups -OCH3 is 1. The molecule has 2 aromatic rings. The molecule has 4 nitrogen and oxygen atoms in total. The normalized spacial score (nSPS) is 11.8. The molecule has 0 heterocycles. The standard InChI is InChI=1S/C18H20O4/c1-13-9-14(2)11-16(10-13)22-18(17(19)20-3)21-12-15-7-5-4-6-8-15/h4-11,18H,12H2,1-3H3. The number of ether oxygens (including phenoxy) is 3. The predicted molar refractivity (Wildman–Crippen MR) is 83.6 cm³/mol. The lowest BCUT2D eigenvalue weighted by atomic mass is 10.1. The Morgan fingerprint density at radius 3 is 2.27 bits per heavy atom. The lowest BCUT2D eigenvalue weighted by molar-refractivity contribution is -0.176. The molecule has 0 aliphatic heterocycles. The van der Waals surface area contributed by atoms with Gasteiger partial charge in [-0.15, -0.1) is 0 Å². The van der Waals surface area contributed by atoms with Gasteiger partial charge in [0.1, 0.15) is 5.75 Å². The van der Waals surface area contributed by atoms with E-state index in [0.29, 0.717) is 5.75 Å². The van der Waals surface area contributed by atoms with Gasteiger partial charge in [0.15, 0.2) is 0 Å². The molecular weight excluding hydrogens is 280 g/mol. The van der Waals surface area contributed by atoms with Crippen molar-refractivity contribution in [2.24, 2.45) is 0 Å². The minimum atomic E-state index is -1.09. The third-order valence-electron chi connectivity index (χ3n) is 3.08. The van der Waals surface area contributed by atoms with Gasteiger partial charge in [-0.05, 0) is 42.7 Å². The average molecular weight is 300 g/mol. The Bertz CT molecular complexity index is 602. The number of hydrogen-bond acceptors (Lipinski definition) is 4. The number of hydrogen-bond donors (Lipinski definition) is 0. The van der Waals surface area contributed by atoms with Crippen molar-refractivity contribution in [1.82, 2.24) is 0 Å². The summed E-state index contributed by atoms with van der Waals surface area (Å²) >= 11 is 0. The van der Waals surface area contributed by atoms with Crippen molar-refractivity contribution < 1.29 is 19.0 Å². The van der Waals surface area contributed by atoms with Crippen molar-refractivity contribution in [1.29, 1.82) is 0 Å². The van der Waals surface area contributed by atoms with Crippen LogP contribution in [0.15, 0.2) is 48.5 Å². The molecule has 0 amide bonds. The van der Waals surface area contributed by atoms with Crippen molar-refractivity contribution in [2.75, 3.05) is 7.11 Å². The van der Waals surface area contributed by atoms with Crippen molar-refractivity contribution >= 4 is 5.97 Å². The number of rotatable bonds is 6. The van der Waals surface area contributed by atoms with Crippen molar-refractivity contribution in [3.8, 4) is 5.75 Å². The van der Waals surface area contributed by atoms with Gasteiger partial charge < -0.3 is 14.2 Å². The van der Waals surface area contributed by atoms with Crippen molar-refractivity contribution in [3.05, 3.63) is 65.2 Å². The molecule has 0 N–H and O–H groups in total. The van der Waals surface area contributed by atoms with Crippen LogP contribution < -0.4 is 4.74 Å². The van der Waals surface area contributed by atoms with E-state index in [9.17, 15) is 4.79 Å². The molecule has 0 aliphatic carbocycles. The van der Waals surface area contributed by atoms with Gasteiger partial charge in [-0.3, -0.25) is 0 Å². The van der Waals surface area contributed by atoms with Crippen molar-refractivity contribution in [3.63, 3.8) is 0 Å². The SMILES string of the molecule is COC(=O)C(OCc1ccccc1)Oc1cc(C)cc(C)c1. The predicted octanol–water partition coefficient (Wildman–Crippen LogP) is 3.40. The maximum absolute atomic E-state index is 11.8. The van der Waals surface area contributed by atoms with E-state index in [-0.39, 0.29) is 6.61 Å². The van der Waals surface area contributed by atoms with E-state index in [1.807, 2.05) is 62.4 Å². The van der Waals surface area contributed by atoms with Gasteiger partial charge in [0.25, 0.3) is 6.29 Å². The molecule has 1 atom stereocenters. The minimum Gasteiger partial charge on any atom is -0.464 e. The molecule has 116 valence electrons. The van der Waals surface area contributed by atoms with Gasteiger partial charge in [-0.25, -0.2) is 4.79 Å². The summed E-state index contributed by atoms with van der Waals surface area (Å²) in [5.41, 5.74) is 3.07. The van der Waals surface area contributed by atoms with E-state index in [1.165, 1.54) is 7.11 Å². The van der Waals surface area contributed by atoms with Crippen LogP contribution in [0.4, 0.5) is 0 Å². The van der Waals surface area contributed by atoms with Crippen LogP contribution in [0, 0.1) is 13.8 Å². The van der Waals surface area contributed by atoms with Gasteiger partial charge in [-0.1, -0.05) is 36.4 Å². The fourth-order valence-electron chi connectivity index (χ4n) is 2.12. The average Bonchev–Trinajstić information content (AvgIpc) is 2.50. The molecule has 22 heavy (non-hydrogen) atoms. The van der Waals surface area contributed by atoms with E-state index in [1.54, 1.807) is 0 Å². The quantitative estimate of drug-likeness (QED) is 0.606. The van der Waals surface area contributed by atoms with Gasteiger partial charge in [0.2, 0.25) is 0 Å². The fourth-order valence-corrected chi connectivity index (χ4v) is 2.12. The second-order valence-electron chi connectivity index (χ2n) is 5.09. The molecular formula is C18H20O4. The Kier molecular flexibility index (Phi) is 5.55. The first kappa shape index (κ1) is 16.0. The summed E-state index contributed by atoms with van der Waals surface area (Å²) in [7, 11) is 1.31. The van der Waals surface area contributed by atoms with Gasteiger partial charge in [0.05, 0.1) is 13.7 Å². The van der Waals surface area contributed by atoms with E-state index in [2.05, 4.69) is 0 Å². The summed E-state index contributed by atoms with van der Waals surface area (Å²) in [6.45, 7) is 4.21. The third kappa shape index (κ3) is 4.60. The molecule has 0 spiro atoms. The Hall–Kier alpha value is -2.33. The van der Waals surface area contributed by atoms with E-state index < -0.39 is 12.3 Å². The van der Waals surface area contributed by atoms with Crippen LogP contribution in [-0.4, -0.2) is 19.4 Å². The zero-order valence-corrected chi connectivity index (χ0v) is 13.0. The first-order valence-electron chi connectivity index (χ1n) is 7.07. The smallest absolute Gasteiger partial charge is 0.376 e. The molecule has 0 saturated heterocycles. The summed E-state index contributed by atoms with van der Waals surface area (Å²) in [5, 5.41) is 0. The Labute approximate surface area is 130 Å². The van der Waals surface area contributed by atoms with E-state index in [4.69, 9.17) is 14.2 Å². The van der Waals surface area contributed by atoms with Crippen LogP contribution in [0.25, 0.3) is 0 Å². The minimum absolute atomic E-state index is 0.269. The Morgan fingerprint density at radius 1 is 1.05 bits per heavy atom. The summed E-state index contributed by atoms with van der Waals surface area (Å²) < 4.78 is 16.0.